The number of aliphatic hydroxyl groups is 1. The van der Waals surface area contributed by atoms with Gasteiger partial charge in [-0.25, -0.2) is 12.8 Å². The molecule has 2 rings (SSSR count). The predicted molar refractivity (Wildman–Crippen MR) is 67.4 cm³/mol. The van der Waals surface area contributed by atoms with E-state index in [-0.39, 0.29) is 10.9 Å². The lowest BCUT2D eigenvalue weighted by atomic mass is 10.1. The van der Waals surface area contributed by atoms with Gasteiger partial charge in [0.25, 0.3) is 0 Å². The Kier molecular flexibility index (Phi) is 4.17. The fourth-order valence-electron chi connectivity index (χ4n) is 2.42. The Morgan fingerprint density at radius 3 is 2.95 bits per heavy atom. The second kappa shape index (κ2) is 5.52. The zero-order valence-corrected chi connectivity index (χ0v) is 11.5. The van der Waals surface area contributed by atoms with Crippen molar-refractivity contribution in [2.75, 3.05) is 6.54 Å². The van der Waals surface area contributed by atoms with E-state index in [0.29, 0.717) is 19.4 Å². The van der Waals surface area contributed by atoms with E-state index in [1.54, 1.807) is 6.92 Å². The maximum Gasteiger partial charge on any atom is 0.244 e. The molecule has 1 aliphatic heterocycles. The first-order chi connectivity index (χ1) is 8.91. The number of sulfonamides is 1. The number of hydrogen-bond acceptors (Lipinski definition) is 4. The summed E-state index contributed by atoms with van der Waals surface area (Å²) >= 11 is 0. The van der Waals surface area contributed by atoms with Crippen LogP contribution in [0, 0.1) is 5.82 Å². The number of pyridine rings is 1. The van der Waals surface area contributed by atoms with E-state index >= 15 is 0 Å². The van der Waals surface area contributed by atoms with Gasteiger partial charge < -0.3 is 5.11 Å². The highest BCUT2D eigenvalue weighted by molar-refractivity contribution is 7.89. The van der Waals surface area contributed by atoms with Crippen molar-refractivity contribution in [3.63, 3.8) is 0 Å². The van der Waals surface area contributed by atoms with Crippen LogP contribution in [0.2, 0.25) is 0 Å². The fraction of sp³-hybridized carbons (Fsp3) is 0.583. The first-order valence-electron chi connectivity index (χ1n) is 6.21. The molecule has 0 amide bonds. The number of hydrogen-bond donors (Lipinski definition) is 1. The lowest BCUT2D eigenvalue weighted by Crippen LogP contribution is -2.37. The molecule has 1 aromatic heterocycles. The lowest BCUT2D eigenvalue weighted by molar-refractivity contribution is 0.158. The molecule has 1 aromatic rings. The van der Waals surface area contributed by atoms with Crippen LogP contribution in [0.15, 0.2) is 23.4 Å². The Morgan fingerprint density at radius 1 is 1.58 bits per heavy atom. The molecule has 0 bridgehead atoms. The quantitative estimate of drug-likeness (QED) is 0.902. The van der Waals surface area contributed by atoms with Gasteiger partial charge in [0, 0.05) is 18.8 Å². The normalized spacial score (nSPS) is 22.6. The van der Waals surface area contributed by atoms with Crippen LogP contribution in [0.4, 0.5) is 4.39 Å². The summed E-state index contributed by atoms with van der Waals surface area (Å²) in [5.41, 5.74) is 0. The van der Waals surface area contributed by atoms with Crippen LogP contribution in [0.1, 0.15) is 26.2 Å². The van der Waals surface area contributed by atoms with Gasteiger partial charge in [-0.3, -0.25) is 4.98 Å². The third kappa shape index (κ3) is 3.10. The van der Waals surface area contributed by atoms with Gasteiger partial charge in [0.15, 0.2) is 0 Å². The van der Waals surface area contributed by atoms with Crippen LogP contribution in [-0.2, 0) is 10.0 Å². The molecule has 1 fully saturated rings. The molecule has 7 heteroatoms. The summed E-state index contributed by atoms with van der Waals surface area (Å²) in [5.74, 6) is -0.674. The lowest BCUT2D eigenvalue weighted by Gasteiger charge is -2.24. The van der Waals surface area contributed by atoms with Crippen LogP contribution in [0.3, 0.4) is 0 Å². The van der Waals surface area contributed by atoms with E-state index in [9.17, 15) is 17.9 Å². The Balaban J connectivity index is 2.28. The van der Waals surface area contributed by atoms with Gasteiger partial charge in [0.2, 0.25) is 10.0 Å². The van der Waals surface area contributed by atoms with Gasteiger partial charge in [-0.05, 0) is 32.3 Å². The van der Waals surface area contributed by atoms with Crippen molar-refractivity contribution in [1.82, 2.24) is 9.29 Å². The topological polar surface area (TPSA) is 70.5 Å². The molecule has 5 nitrogen and oxygen atoms in total. The van der Waals surface area contributed by atoms with Gasteiger partial charge in [-0.1, -0.05) is 0 Å². The summed E-state index contributed by atoms with van der Waals surface area (Å²) in [6.45, 7) is 2.03. The predicted octanol–water partition coefficient (Wildman–Crippen LogP) is 1.14. The number of rotatable bonds is 4. The summed E-state index contributed by atoms with van der Waals surface area (Å²) in [4.78, 5) is 3.44. The zero-order chi connectivity index (χ0) is 14.0. The number of aliphatic hydroxyl groups excluding tert-OH is 1. The number of aromatic nitrogens is 1. The highest BCUT2D eigenvalue weighted by Crippen LogP contribution is 2.28. The second-order valence-electron chi connectivity index (χ2n) is 4.84. The second-order valence-corrected chi connectivity index (χ2v) is 6.73. The summed E-state index contributed by atoms with van der Waals surface area (Å²) in [5, 5.41) is 9.42. The molecule has 2 atom stereocenters. The molecule has 1 N–H and O–H groups in total. The molecule has 1 saturated heterocycles. The maximum atomic E-state index is 13.1. The maximum absolute atomic E-state index is 13.1. The van der Waals surface area contributed by atoms with Crippen molar-refractivity contribution in [1.29, 1.82) is 0 Å². The van der Waals surface area contributed by atoms with Crippen molar-refractivity contribution in [2.24, 2.45) is 0 Å². The average Bonchev–Trinajstić information content (AvgIpc) is 2.77. The molecule has 0 aromatic carbocycles. The molecule has 1 aliphatic rings. The summed E-state index contributed by atoms with van der Waals surface area (Å²) in [7, 11) is -3.74. The standard InChI is InChI=1S/C12H17FN2O3S/c1-9(16)5-11-3-2-4-15(11)19(17,18)12-6-10(13)7-14-8-12/h6-9,11,16H,2-5H2,1H3. The molecule has 0 saturated carbocycles. The largest absolute Gasteiger partial charge is 0.393 e. The SMILES string of the molecule is CC(O)CC1CCCN1S(=O)(=O)c1cncc(F)c1. The summed E-state index contributed by atoms with van der Waals surface area (Å²) < 4.78 is 39.3. The minimum Gasteiger partial charge on any atom is -0.393 e. The molecule has 19 heavy (non-hydrogen) atoms. The monoisotopic (exact) mass is 288 g/mol. The Labute approximate surface area is 112 Å². The van der Waals surface area contributed by atoms with Gasteiger partial charge in [0.1, 0.15) is 10.7 Å². The van der Waals surface area contributed by atoms with Gasteiger partial charge in [-0.2, -0.15) is 4.31 Å². The van der Waals surface area contributed by atoms with Crippen molar-refractivity contribution in [3.8, 4) is 0 Å². The molecule has 2 unspecified atom stereocenters. The Bertz CT molecular complexity index is 548. The molecule has 0 aliphatic carbocycles. The highest BCUT2D eigenvalue weighted by atomic mass is 32.2. The molecular weight excluding hydrogens is 271 g/mol. The van der Waals surface area contributed by atoms with E-state index in [1.807, 2.05) is 0 Å². The van der Waals surface area contributed by atoms with E-state index in [4.69, 9.17) is 0 Å². The molecule has 0 spiro atoms. The summed E-state index contributed by atoms with van der Waals surface area (Å²) in [6.07, 6.45) is 3.41. The minimum absolute atomic E-state index is 0.134. The van der Waals surface area contributed by atoms with Crippen molar-refractivity contribution >= 4 is 10.0 Å². The summed E-state index contributed by atoms with van der Waals surface area (Å²) in [6, 6.07) is 0.744. The van der Waals surface area contributed by atoms with E-state index in [2.05, 4.69) is 4.98 Å². The molecule has 2 heterocycles. The van der Waals surface area contributed by atoms with Crippen LogP contribution >= 0.6 is 0 Å². The van der Waals surface area contributed by atoms with Crippen molar-refractivity contribution in [3.05, 3.63) is 24.3 Å². The van der Waals surface area contributed by atoms with E-state index in [0.717, 1.165) is 24.9 Å². The Hall–Kier alpha value is -1.05. The zero-order valence-electron chi connectivity index (χ0n) is 10.7. The highest BCUT2D eigenvalue weighted by Gasteiger charge is 2.35. The molecular formula is C12H17FN2O3S. The van der Waals surface area contributed by atoms with E-state index < -0.39 is 21.9 Å². The van der Waals surface area contributed by atoms with E-state index in [1.165, 1.54) is 4.31 Å². The number of nitrogens with zero attached hydrogens (tertiary/aromatic N) is 2. The fourth-order valence-corrected chi connectivity index (χ4v) is 4.10. The van der Waals surface area contributed by atoms with Crippen molar-refractivity contribution in [2.45, 2.75) is 43.2 Å². The third-order valence-electron chi connectivity index (χ3n) is 3.22. The van der Waals surface area contributed by atoms with Gasteiger partial charge in [0.05, 0.1) is 12.3 Å². The minimum atomic E-state index is -3.74. The van der Waals surface area contributed by atoms with Gasteiger partial charge in [-0.15, -0.1) is 0 Å². The van der Waals surface area contributed by atoms with Crippen LogP contribution < -0.4 is 0 Å². The number of halogens is 1. The van der Waals surface area contributed by atoms with Crippen molar-refractivity contribution < 1.29 is 17.9 Å². The first kappa shape index (κ1) is 14.4. The average molecular weight is 288 g/mol. The van der Waals surface area contributed by atoms with Crippen LogP contribution in [0.5, 0.6) is 0 Å². The third-order valence-corrected chi connectivity index (χ3v) is 5.14. The van der Waals surface area contributed by atoms with Crippen LogP contribution in [0.25, 0.3) is 0 Å². The molecule has 106 valence electrons. The first-order valence-corrected chi connectivity index (χ1v) is 7.65. The smallest absolute Gasteiger partial charge is 0.244 e. The van der Waals surface area contributed by atoms with Crippen LogP contribution in [-0.4, -0.2) is 41.5 Å². The Morgan fingerprint density at radius 2 is 2.32 bits per heavy atom. The van der Waals surface area contributed by atoms with Gasteiger partial charge >= 0.3 is 0 Å². The molecule has 0 radical (unpaired) electrons.